The summed E-state index contributed by atoms with van der Waals surface area (Å²) < 4.78 is 1.34. The van der Waals surface area contributed by atoms with Crippen molar-refractivity contribution in [1.29, 1.82) is 0 Å². The van der Waals surface area contributed by atoms with Gasteiger partial charge in [-0.05, 0) is 29.9 Å². The number of aliphatic hydroxyl groups is 2. The molecule has 0 amide bonds. The van der Waals surface area contributed by atoms with E-state index in [0.29, 0.717) is 28.7 Å². The molecule has 1 fully saturated rings. The number of Topliss-reactive ketones (excluding diaryl/α,β-unsaturated/α-hetero) is 1. The van der Waals surface area contributed by atoms with Gasteiger partial charge in [0.25, 0.3) is 5.56 Å². The van der Waals surface area contributed by atoms with Crippen LogP contribution in [0.15, 0.2) is 35.3 Å². The second-order valence-corrected chi connectivity index (χ2v) is 7.63. The second kappa shape index (κ2) is 9.29. The highest BCUT2D eigenvalue weighted by atomic mass is 16.3. The van der Waals surface area contributed by atoms with E-state index < -0.39 is 6.04 Å². The van der Waals surface area contributed by atoms with Gasteiger partial charge in [0.2, 0.25) is 0 Å². The van der Waals surface area contributed by atoms with Gasteiger partial charge >= 0.3 is 0 Å². The van der Waals surface area contributed by atoms with E-state index in [1.165, 1.54) is 43.1 Å². The monoisotopic (exact) mass is 371 g/mol. The first-order valence-electron chi connectivity index (χ1n) is 10.0. The number of carbonyl (C=O) groups is 1. The molecule has 1 aliphatic carbocycles. The van der Waals surface area contributed by atoms with Gasteiger partial charge in [-0.1, -0.05) is 50.7 Å². The van der Waals surface area contributed by atoms with E-state index >= 15 is 0 Å². The molecule has 5 heteroatoms. The van der Waals surface area contributed by atoms with E-state index in [-0.39, 0.29) is 24.6 Å². The highest BCUT2D eigenvalue weighted by molar-refractivity contribution is 6.07. The van der Waals surface area contributed by atoms with Crippen LogP contribution in [-0.4, -0.2) is 33.8 Å². The van der Waals surface area contributed by atoms with Gasteiger partial charge in [0.05, 0.1) is 19.3 Å². The fraction of sp³-hybridized carbons (Fsp3) is 0.545. The summed E-state index contributed by atoms with van der Waals surface area (Å²) in [5, 5.41) is 19.8. The highest BCUT2D eigenvalue weighted by Crippen LogP contribution is 2.27. The number of fused-ring (bicyclic) bond motifs is 1. The molecule has 0 bridgehead atoms. The van der Waals surface area contributed by atoms with E-state index in [1.54, 1.807) is 30.5 Å². The van der Waals surface area contributed by atoms with Crippen LogP contribution in [0.3, 0.4) is 0 Å². The Labute approximate surface area is 159 Å². The third-order valence-corrected chi connectivity index (χ3v) is 5.84. The van der Waals surface area contributed by atoms with Crippen molar-refractivity contribution in [2.45, 2.75) is 57.4 Å². The van der Waals surface area contributed by atoms with Crippen LogP contribution in [0.25, 0.3) is 10.8 Å². The molecule has 2 aromatic rings. The van der Waals surface area contributed by atoms with Crippen LogP contribution in [0.1, 0.15) is 67.8 Å². The van der Waals surface area contributed by atoms with Gasteiger partial charge in [-0.2, -0.15) is 0 Å². The summed E-state index contributed by atoms with van der Waals surface area (Å²) in [5.41, 5.74) is 0.300. The largest absolute Gasteiger partial charge is 0.394 e. The predicted molar refractivity (Wildman–Crippen MR) is 106 cm³/mol. The van der Waals surface area contributed by atoms with Crippen LogP contribution >= 0.6 is 0 Å². The lowest BCUT2D eigenvalue weighted by Crippen LogP contribution is -2.29. The Kier molecular flexibility index (Phi) is 6.80. The molecule has 1 aromatic heterocycles. The van der Waals surface area contributed by atoms with Crippen LogP contribution in [0.5, 0.6) is 0 Å². The minimum atomic E-state index is -0.670. The van der Waals surface area contributed by atoms with Crippen molar-refractivity contribution in [3.8, 4) is 0 Å². The number of ketones is 1. The van der Waals surface area contributed by atoms with Crippen molar-refractivity contribution in [2.75, 3.05) is 13.2 Å². The number of rotatable bonds is 7. The molecule has 27 heavy (non-hydrogen) atoms. The topological polar surface area (TPSA) is 79.5 Å². The smallest absolute Gasteiger partial charge is 0.258 e. The Bertz CT molecular complexity index is 830. The van der Waals surface area contributed by atoms with Crippen LogP contribution < -0.4 is 5.56 Å². The quantitative estimate of drug-likeness (QED) is 0.577. The minimum absolute atomic E-state index is 0.0860. The molecule has 1 aromatic carbocycles. The Morgan fingerprint density at radius 2 is 1.74 bits per heavy atom. The van der Waals surface area contributed by atoms with Gasteiger partial charge in [0.1, 0.15) is 0 Å². The second-order valence-electron chi connectivity index (χ2n) is 7.63. The standard InChI is InChI=1S/C22H29NO4/c24-14-17(15-25)23-13-12-18-19(8-5-9-20(18)22(23)27)21(26)11-10-16-6-3-1-2-4-7-16/h5,8-9,12-13,16-17,24-25H,1-4,6-7,10-11,14-15H2. The molecular formula is C22H29NO4. The van der Waals surface area contributed by atoms with Gasteiger partial charge < -0.3 is 14.8 Å². The zero-order valence-electron chi connectivity index (χ0n) is 15.8. The zero-order chi connectivity index (χ0) is 19.2. The molecule has 0 spiro atoms. The molecule has 3 rings (SSSR count). The maximum absolute atomic E-state index is 12.8. The van der Waals surface area contributed by atoms with Gasteiger partial charge in [0, 0.05) is 23.6 Å². The number of nitrogens with zero attached hydrogens (tertiary/aromatic N) is 1. The summed E-state index contributed by atoms with van der Waals surface area (Å²) in [4.78, 5) is 25.6. The molecule has 5 nitrogen and oxygen atoms in total. The molecule has 0 saturated heterocycles. The maximum Gasteiger partial charge on any atom is 0.258 e. The van der Waals surface area contributed by atoms with Crippen molar-refractivity contribution >= 4 is 16.6 Å². The fourth-order valence-electron chi connectivity index (χ4n) is 4.18. The van der Waals surface area contributed by atoms with Crippen molar-refractivity contribution < 1.29 is 15.0 Å². The molecule has 0 radical (unpaired) electrons. The zero-order valence-corrected chi connectivity index (χ0v) is 15.8. The van der Waals surface area contributed by atoms with Crippen LogP contribution in [0.4, 0.5) is 0 Å². The Hall–Kier alpha value is -1.98. The lowest BCUT2D eigenvalue weighted by atomic mass is 9.91. The van der Waals surface area contributed by atoms with Gasteiger partial charge in [-0.3, -0.25) is 9.59 Å². The third kappa shape index (κ3) is 4.47. The minimum Gasteiger partial charge on any atom is -0.394 e. The first-order valence-corrected chi connectivity index (χ1v) is 10.0. The molecule has 1 heterocycles. The van der Waals surface area contributed by atoms with E-state index in [2.05, 4.69) is 0 Å². The number of aliphatic hydroxyl groups excluding tert-OH is 2. The Balaban J connectivity index is 1.83. The lowest BCUT2D eigenvalue weighted by molar-refractivity contribution is 0.0974. The number of hydrogen-bond donors (Lipinski definition) is 2. The maximum atomic E-state index is 12.8. The third-order valence-electron chi connectivity index (χ3n) is 5.84. The van der Waals surface area contributed by atoms with Crippen molar-refractivity contribution in [2.24, 2.45) is 5.92 Å². The predicted octanol–water partition coefficient (Wildman–Crippen LogP) is 3.46. The summed E-state index contributed by atoms with van der Waals surface area (Å²) in [5.74, 6) is 0.724. The number of hydrogen-bond acceptors (Lipinski definition) is 4. The highest BCUT2D eigenvalue weighted by Gasteiger charge is 2.18. The SMILES string of the molecule is O=C(CCC1CCCCCC1)c1cccc2c(=O)n(C(CO)CO)ccc12. The Morgan fingerprint density at radius 3 is 2.41 bits per heavy atom. The first kappa shape index (κ1) is 19.8. The van der Waals surface area contributed by atoms with E-state index in [9.17, 15) is 19.8 Å². The fourth-order valence-corrected chi connectivity index (χ4v) is 4.18. The normalized spacial score (nSPS) is 16.0. The van der Waals surface area contributed by atoms with Gasteiger partial charge in [-0.25, -0.2) is 0 Å². The molecule has 0 atom stereocenters. The average Bonchev–Trinajstić information content (AvgIpc) is 2.97. The summed E-state index contributed by atoms with van der Waals surface area (Å²) in [6.07, 6.45) is 10.6. The molecule has 146 valence electrons. The van der Waals surface area contributed by atoms with Crippen LogP contribution in [0, 0.1) is 5.92 Å². The molecule has 1 saturated carbocycles. The van der Waals surface area contributed by atoms with Crippen LogP contribution in [-0.2, 0) is 0 Å². The summed E-state index contributed by atoms with van der Waals surface area (Å²) >= 11 is 0. The number of carbonyl (C=O) groups excluding carboxylic acids is 1. The van der Waals surface area contributed by atoms with Crippen LogP contribution in [0.2, 0.25) is 0 Å². The summed E-state index contributed by atoms with van der Waals surface area (Å²) in [6.45, 7) is -0.635. The average molecular weight is 371 g/mol. The van der Waals surface area contributed by atoms with Gasteiger partial charge in [0.15, 0.2) is 5.78 Å². The molecule has 1 aliphatic rings. The van der Waals surface area contributed by atoms with Crippen molar-refractivity contribution in [1.82, 2.24) is 4.57 Å². The lowest BCUT2D eigenvalue weighted by Gasteiger charge is -2.16. The van der Waals surface area contributed by atoms with Crippen molar-refractivity contribution in [3.05, 3.63) is 46.4 Å². The summed E-state index contributed by atoms with van der Waals surface area (Å²) in [6, 6.07) is 6.30. The Morgan fingerprint density at radius 1 is 1.04 bits per heavy atom. The number of aromatic nitrogens is 1. The number of benzene rings is 1. The first-order chi connectivity index (χ1) is 13.2. The van der Waals surface area contributed by atoms with Gasteiger partial charge in [-0.15, -0.1) is 0 Å². The van der Waals surface area contributed by atoms with E-state index in [0.717, 1.165) is 6.42 Å². The van der Waals surface area contributed by atoms with E-state index in [4.69, 9.17) is 0 Å². The molecular weight excluding hydrogens is 342 g/mol. The van der Waals surface area contributed by atoms with E-state index in [1.807, 2.05) is 0 Å². The molecule has 2 N–H and O–H groups in total. The molecule has 0 aliphatic heterocycles. The molecule has 0 unspecified atom stereocenters. The summed E-state index contributed by atoms with van der Waals surface area (Å²) in [7, 11) is 0. The van der Waals surface area contributed by atoms with Crippen molar-refractivity contribution in [3.63, 3.8) is 0 Å². The number of pyridine rings is 1.